The van der Waals surface area contributed by atoms with Crippen molar-refractivity contribution in [2.24, 2.45) is 0 Å². The maximum absolute atomic E-state index is 11.4. The molecule has 0 heterocycles. The van der Waals surface area contributed by atoms with Crippen molar-refractivity contribution in [3.05, 3.63) is 65.1 Å². The summed E-state index contributed by atoms with van der Waals surface area (Å²) >= 11 is 0. The number of esters is 1. The number of rotatable bonds is 9. The molecule has 0 aromatic heterocycles. The molecule has 0 unspecified atom stereocenters. The monoisotopic (exact) mass is 488 g/mol. The third kappa shape index (κ3) is 5.94. The molecule has 3 aromatic carbocycles. The van der Waals surface area contributed by atoms with Crippen molar-refractivity contribution < 1.29 is 14.3 Å². The molecule has 3 rings (SSSR count). The zero-order chi connectivity index (χ0) is 26.8. The average Bonchev–Trinajstić information content (AvgIpc) is 2.91. The quantitative estimate of drug-likeness (QED) is 0.188. The average molecular weight is 489 g/mol. The molecule has 0 amide bonds. The first-order chi connectivity index (χ1) is 18.0. The van der Waals surface area contributed by atoms with Crippen LogP contribution in [-0.4, -0.2) is 19.2 Å². The van der Waals surface area contributed by atoms with Gasteiger partial charge in [-0.05, 0) is 72.4 Å². The van der Waals surface area contributed by atoms with Gasteiger partial charge >= 0.3 is 5.97 Å². The number of ether oxygens (including phenoxy) is 2. The topological polar surface area (TPSA) is 131 Å². The Kier molecular flexibility index (Phi) is 8.99. The molecule has 182 valence electrons. The normalized spacial score (nSPS) is 9.97. The van der Waals surface area contributed by atoms with E-state index in [2.05, 4.69) is 6.58 Å². The molecule has 0 radical (unpaired) electrons. The second kappa shape index (κ2) is 12.6. The van der Waals surface area contributed by atoms with Crippen LogP contribution in [0.5, 0.6) is 5.75 Å². The van der Waals surface area contributed by atoms with Crippen LogP contribution < -0.4 is 15.2 Å². The van der Waals surface area contributed by atoms with E-state index in [-0.39, 0.29) is 17.1 Å². The summed E-state index contributed by atoms with van der Waals surface area (Å²) in [7, 11) is 0. The Morgan fingerprint density at radius 3 is 1.81 bits per heavy atom. The number of nitriles is 4. The molecular weight excluding hydrogens is 464 g/mol. The van der Waals surface area contributed by atoms with Gasteiger partial charge in [-0.1, -0.05) is 30.8 Å². The summed E-state index contributed by atoms with van der Waals surface area (Å²) in [5.41, 5.74) is 0.272. The summed E-state index contributed by atoms with van der Waals surface area (Å²) in [5, 5.41) is 41.9. The van der Waals surface area contributed by atoms with Gasteiger partial charge in [0.2, 0.25) is 0 Å². The van der Waals surface area contributed by atoms with E-state index in [0.29, 0.717) is 56.5 Å². The molecular formula is C30H24N4O3. The van der Waals surface area contributed by atoms with E-state index >= 15 is 0 Å². The minimum atomic E-state index is -0.377. The zero-order valence-electron chi connectivity index (χ0n) is 20.5. The van der Waals surface area contributed by atoms with Crippen LogP contribution in [0.3, 0.4) is 0 Å². The Bertz CT molecular complexity index is 1640. The number of benzene rings is 3. The summed E-state index contributed by atoms with van der Waals surface area (Å²) in [6, 6.07) is 20.3. The predicted octanol–water partition coefficient (Wildman–Crippen LogP) is 4.45. The lowest BCUT2D eigenvalue weighted by atomic mass is 9.93. The van der Waals surface area contributed by atoms with Crippen molar-refractivity contribution >= 4 is 38.7 Å². The number of fused-ring (bicyclic) bond motifs is 2. The first-order valence-electron chi connectivity index (χ1n) is 11.8. The van der Waals surface area contributed by atoms with E-state index in [9.17, 15) is 25.8 Å². The third-order valence-corrected chi connectivity index (χ3v) is 5.83. The largest absolute Gasteiger partial charge is 0.494 e. The first-order valence-corrected chi connectivity index (χ1v) is 11.8. The Morgan fingerprint density at radius 2 is 1.27 bits per heavy atom. The van der Waals surface area contributed by atoms with E-state index in [0.717, 1.165) is 25.7 Å². The lowest BCUT2D eigenvalue weighted by molar-refractivity contribution is -0.139. The fourth-order valence-corrected chi connectivity index (χ4v) is 4.10. The highest BCUT2D eigenvalue weighted by atomic mass is 16.5. The van der Waals surface area contributed by atoms with Gasteiger partial charge in [-0.15, -0.1) is 0 Å². The summed E-state index contributed by atoms with van der Waals surface area (Å²) in [6.07, 6.45) is 3.32. The Labute approximate surface area is 215 Å². The van der Waals surface area contributed by atoms with Gasteiger partial charge < -0.3 is 9.47 Å². The SMILES string of the molecule is C=C(C)C(=O)OCCCCCCOc1ccc2c(=C(C#N)C#N)c3ccccc3c(=C(C#N)C#N)c2c1. The second-order valence-electron chi connectivity index (χ2n) is 8.38. The molecule has 37 heavy (non-hydrogen) atoms. The molecule has 7 nitrogen and oxygen atoms in total. The molecule has 0 N–H and O–H groups in total. The van der Waals surface area contributed by atoms with Crippen molar-refractivity contribution in [2.75, 3.05) is 13.2 Å². The van der Waals surface area contributed by atoms with Gasteiger partial charge in [-0.3, -0.25) is 0 Å². The van der Waals surface area contributed by atoms with Crippen LogP contribution in [0.1, 0.15) is 32.6 Å². The lowest BCUT2D eigenvalue weighted by Gasteiger charge is -2.11. The predicted molar refractivity (Wildman–Crippen MR) is 140 cm³/mol. The van der Waals surface area contributed by atoms with Crippen LogP contribution >= 0.6 is 0 Å². The van der Waals surface area contributed by atoms with Gasteiger partial charge in [0.1, 0.15) is 41.2 Å². The Hall–Kier alpha value is -5.11. The van der Waals surface area contributed by atoms with E-state index in [1.807, 2.05) is 24.3 Å². The van der Waals surface area contributed by atoms with Crippen molar-refractivity contribution in [3.8, 4) is 30.0 Å². The van der Waals surface area contributed by atoms with Crippen molar-refractivity contribution in [2.45, 2.75) is 32.6 Å². The number of unbranched alkanes of at least 4 members (excludes halogenated alkanes) is 3. The molecule has 0 aliphatic heterocycles. The highest BCUT2D eigenvalue weighted by molar-refractivity contribution is 6.06. The van der Waals surface area contributed by atoms with Crippen LogP contribution in [-0.2, 0) is 9.53 Å². The molecule has 0 atom stereocenters. The smallest absolute Gasteiger partial charge is 0.333 e. The summed E-state index contributed by atoms with van der Waals surface area (Å²) in [5.74, 6) is 0.175. The highest BCUT2D eigenvalue weighted by Crippen LogP contribution is 2.22. The maximum atomic E-state index is 11.4. The van der Waals surface area contributed by atoms with E-state index in [1.165, 1.54) is 0 Å². The van der Waals surface area contributed by atoms with Gasteiger partial charge in [0, 0.05) is 16.0 Å². The molecule has 0 bridgehead atoms. The van der Waals surface area contributed by atoms with Gasteiger partial charge in [0.25, 0.3) is 0 Å². The zero-order valence-corrected chi connectivity index (χ0v) is 20.5. The van der Waals surface area contributed by atoms with Gasteiger partial charge in [0.05, 0.1) is 13.2 Å². The second-order valence-corrected chi connectivity index (χ2v) is 8.38. The van der Waals surface area contributed by atoms with E-state index in [1.54, 1.807) is 49.4 Å². The van der Waals surface area contributed by atoms with Crippen LogP contribution in [0.4, 0.5) is 0 Å². The Morgan fingerprint density at radius 1 is 0.757 bits per heavy atom. The van der Waals surface area contributed by atoms with Crippen LogP contribution in [0.25, 0.3) is 32.7 Å². The Balaban J connectivity index is 1.93. The number of carbonyl (C=O) groups is 1. The van der Waals surface area contributed by atoms with Crippen LogP contribution in [0, 0.1) is 45.3 Å². The molecule has 0 saturated heterocycles. The minimum Gasteiger partial charge on any atom is -0.494 e. The first kappa shape index (κ1) is 26.5. The van der Waals surface area contributed by atoms with Crippen LogP contribution in [0.15, 0.2) is 54.6 Å². The van der Waals surface area contributed by atoms with Crippen molar-refractivity contribution in [1.82, 2.24) is 0 Å². The van der Waals surface area contributed by atoms with Gasteiger partial charge in [0.15, 0.2) is 0 Å². The molecule has 0 saturated carbocycles. The van der Waals surface area contributed by atoms with Gasteiger partial charge in [-0.25, -0.2) is 4.79 Å². The molecule has 0 aliphatic rings. The highest BCUT2D eigenvalue weighted by Gasteiger charge is 2.13. The maximum Gasteiger partial charge on any atom is 0.333 e. The molecule has 0 spiro atoms. The summed E-state index contributed by atoms with van der Waals surface area (Å²) < 4.78 is 11.0. The molecule has 0 fully saturated rings. The summed E-state index contributed by atoms with van der Waals surface area (Å²) in [6.45, 7) is 5.97. The number of carbonyl (C=O) groups excluding carboxylic acids is 1. The molecule has 0 aliphatic carbocycles. The molecule has 3 aromatic rings. The van der Waals surface area contributed by atoms with Crippen molar-refractivity contribution in [1.29, 1.82) is 21.0 Å². The van der Waals surface area contributed by atoms with Gasteiger partial charge in [-0.2, -0.15) is 21.0 Å². The van der Waals surface area contributed by atoms with Crippen LogP contribution in [0.2, 0.25) is 0 Å². The fourth-order valence-electron chi connectivity index (χ4n) is 4.10. The molecule has 7 heteroatoms. The van der Waals surface area contributed by atoms with E-state index in [4.69, 9.17) is 9.47 Å². The fraction of sp³-hybridized carbons (Fsp3) is 0.233. The lowest BCUT2D eigenvalue weighted by Crippen LogP contribution is -2.18. The third-order valence-electron chi connectivity index (χ3n) is 5.83. The number of hydrogen-bond donors (Lipinski definition) is 0. The van der Waals surface area contributed by atoms with Crippen molar-refractivity contribution in [3.63, 3.8) is 0 Å². The number of nitrogens with zero attached hydrogens (tertiary/aromatic N) is 4. The number of hydrogen-bond acceptors (Lipinski definition) is 7. The standard InChI is InChI=1S/C30H24N4O3/c1-20(2)30(35)37-14-8-4-3-7-13-36-23-11-12-26-27(15-23)29(22(18-33)19-34)25-10-6-5-9-24(25)28(26)21(16-31)17-32/h5-6,9-12,15H,1,3-4,7-8,13-14H2,2H3. The van der Waals surface area contributed by atoms with E-state index < -0.39 is 0 Å². The summed E-state index contributed by atoms with van der Waals surface area (Å²) in [4.78, 5) is 11.4. The minimum absolute atomic E-state index is 0.0502.